The van der Waals surface area contributed by atoms with Crippen LogP contribution in [0.1, 0.15) is 348 Å². The summed E-state index contributed by atoms with van der Waals surface area (Å²) in [5, 5.41) is 0. The first-order chi connectivity index (χ1) is 42.0. The number of phosphoric acid groups is 1. The van der Waals surface area contributed by atoms with Crippen LogP contribution in [0, 0.1) is 0 Å². The first-order valence-corrected chi connectivity index (χ1v) is 38.2. The van der Waals surface area contributed by atoms with Crippen LogP contribution in [0.4, 0.5) is 0 Å². The molecule has 502 valence electrons. The van der Waals surface area contributed by atoms with Crippen molar-refractivity contribution in [2.75, 3.05) is 47.5 Å². The molecule has 0 aromatic carbocycles. The van der Waals surface area contributed by atoms with Crippen LogP contribution in [0.2, 0.25) is 0 Å². The van der Waals surface area contributed by atoms with E-state index < -0.39 is 26.5 Å². The van der Waals surface area contributed by atoms with Gasteiger partial charge in [-0.15, -0.1) is 0 Å². The highest BCUT2D eigenvalue weighted by atomic mass is 31.2. The predicted molar refractivity (Wildman–Crippen MR) is 372 cm³/mol. The van der Waals surface area contributed by atoms with Gasteiger partial charge in [0.2, 0.25) is 0 Å². The quantitative estimate of drug-likeness (QED) is 0.0211. The van der Waals surface area contributed by atoms with Crippen molar-refractivity contribution in [1.82, 2.24) is 0 Å². The Kier molecular flexibility index (Phi) is 64.9. The number of hydrogen-bond acceptors (Lipinski definition) is 7. The number of allylic oxidation sites excluding steroid dienone is 12. The van der Waals surface area contributed by atoms with E-state index in [1.807, 2.05) is 21.1 Å². The van der Waals surface area contributed by atoms with Gasteiger partial charge >= 0.3 is 19.8 Å². The van der Waals surface area contributed by atoms with E-state index in [4.69, 9.17) is 18.5 Å². The van der Waals surface area contributed by atoms with Crippen molar-refractivity contribution in [1.29, 1.82) is 0 Å². The second kappa shape index (κ2) is 66.9. The molecule has 2 atom stereocenters. The molecule has 0 rings (SSSR count). The zero-order chi connectivity index (χ0) is 62.6. The van der Waals surface area contributed by atoms with E-state index in [-0.39, 0.29) is 32.0 Å². The van der Waals surface area contributed by atoms with Gasteiger partial charge in [-0.2, -0.15) is 0 Å². The van der Waals surface area contributed by atoms with Crippen molar-refractivity contribution < 1.29 is 42.1 Å². The van der Waals surface area contributed by atoms with Crippen LogP contribution < -0.4 is 0 Å². The van der Waals surface area contributed by atoms with Crippen molar-refractivity contribution >= 4 is 19.8 Å². The molecule has 0 aliphatic heterocycles. The zero-order valence-electron chi connectivity index (χ0n) is 57.3. The zero-order valence-corrected chi connectivity index (χ0v) is 58.2. The summed E-state index contributed by atoms with van der Waals surface area (Å²) in [5.74, 6) is -0.782. The number of hydrogen-bond donors (Lipinski definition) is 1. The third-order valence-electron chi connectivity index (χ3n) is 16.2. The van der Waals surface area contributed by atoms with Crippen molar-refractivity contribution in [2.24, 2.45) is 0 Å². The Morgan fingerprint density at radius 1 is 0.372 bits per heavy atom. The van der Waals surface area contributed by atoms with Crippen molar-refractivity contribution in [3.8, 4) is 0 Å². The van der Waals surface area contributed by atoms with Gasteiger partial charge in [0.1, 0.15) is 19.8 Å². The second-order valence-electron chi connectivity index (χ2n) is 25.9. The molecular formula is C76H141NO8P+. The van der Waals surface area contributed by atoms with E-state index in [2.05, 4.69) is 86.8 Å². The van der Waals surface area contributed by atoms with Crippen molar-refractivity contribution in [2.45, 2.75) is 354 Å². The summed E-state index contributed by atoms with van der Waals surface area (Å²) >= 11 is 0. The van der Waals surface area contributed by atoms with Crippen LogP contribution in [0.5, 0.6) is 0 Å². The first-order valence-electron chi connectivity index (χ1n) is 36.7. The number of quaternary nitrogens is 1. The van der Waals surface area contributed by atoms with Gasteiger partial charge in [0.15, 0.2) is 6.10 Å². The van der Waals surface area contributed by atoms with Crippen molar-refractivity contribution in [3.63, 3.8) is 0 Å². The molecule has 10 heteroatoms. The Morgan fingerprint density at radius 3 is 1.00 bits per heavy atom. The highest BCUT2D eigenvalue weighted by molar-refractivity contribution is 7.47. The van der Waals surface area contributed by atoms with Gasteiger partial charge in [-0.05, 0) is 83.5 Å². The average Bonchev–Trinajstić information content (AvgIpc) is 3.70. The molecule has 0 amide bonds. The average molecular weight is 1230 g/mol. The predicted octanol–water partition coefficient (Wildman–Crippen LogP) is 23.9. The number of rotatable bonds is 68. The van der Waals surface area contributed by atoms with Gasteiger partial charge in [-0.3, -0.25) is 18.6 Å². The number of carbonyl (C=O) groups excluding carboxylic acids is 2. The first kappa shape index (κ1) is 83.5. The van der Waals surface area contributed by atoms with Gasteiger partial charge in [0.05, 0.1) is 27.7 Å². The number of nitrogens with zero attached hydrogens (tertiary/aromatic N) is 1. The van der Waals surface area contributed by atoms with E-state index in [1.54, 1.807) is 0 Å². The molecule has 0 fully saturated rings. The maximum absolute atomic E-state index is 12.9. The Hall–Kier alpha value is -2.55. The topological polar surface area (TPSA) is 108 Å². The van der Waals surface area contributed by atoms with Crippen LogP contribution in [0.3, 0.4) is 0 Å². The molecule has 1 N–H and O–H groups in total. The van der Waals surface area contributed by atoms with E-state index in [1.165, 1.54) is 250 Å². The largest absolute Gasteiger partial charge is 0.472 e. The molecule has 0 saturated heterocycles. The summed E-state index contributed by atoms with van der Waals surface area (Å²) < 4.78 is 34.7. The number of carbonyl (C=O) groups is 2. The molecule has 86 heavy (non-hydrogen) atoms. The number of ether oxygens (including phenoxy) is 2. The van der Waals surface area contributed by atoms with Crippen LogP contribution in [0.25, 0.3) is 0 Å². The highest BCUT2D eigenvalue weighted by Gasteiger charge is 2.27. The van der Waals surface area contributed by atoms with Crippen LogP contribution in [-0.2, 0) is 32.7 Å². The van der Waals surface area contributed by atoms with E-state index in [0.717, 1.165) is 64.2 Å². The number of likely N-dealkylation sites (N-methyl/N-ethyl adjacent to an activating group) is 1. The van der Waals surface area contributed by atoms with E-state index >= 15 is 0 Å². The van der Waals surface area contributed by atoms with Crippen LogP contribution in [0.15, 0.2) is 72.9 Å². The summed E-state index contributed by atoms with van der Waals surface area (Å²) in [4.78, 5) is 35.9. The summed E-state index contributed by atoms with van der Waals surface area (Å²) in [6.45, 7) is 4.37. The van der Waals surface area contributed by atoms with Gasteiger partial charge < -0.3 is 18.9 Å². The lowest BCUT2D eigenvalue weighted by Gasteiger charge is -2.24. The van der Waals surface area contributed by atoms with E-state index in [0.29, 0.717) is 17.4 Å². The molecule has 0 radical (unpaired) electrons. The van der Waals surface area contributed by atoms with Crippen LogP contribution >= 0.6 is 7.82 Å². The Balaban J connectivity index is 3.91. The number of phosphoric ester groups is 1. The number of unbranched alkanes of at least 4 members (excludes halogenated alkanes) is 42. The Morgan fingerprint density at radius 2 is 0.663 bits per heavy atom. The minimum atomic E-state index is -4.39. The molecular weight excluding hydrogens is 1090 g/mol. The monoisotopic (exact) mass is 1230 g/mol. The highest BCUT2D eigenvalue weighted by Crippen LogP contribution is 2.43. The Labute approximate surface area is 533 Å². The standard InChI is InChI=1S/C76H140NO8P/c1-6-8-10-12-14-16-18-20-22-24-26-28-29-30-31-32-33-34-35-36-37-38-39-40-41-42-43-44-45-46-47-49-51-53-55-57-59-61-63-65-67-69-76(79)85-74(73-84-86(80,81)83-71-70-77(3,4)5)72-82-75(78)68-66-64-62-60-58-56-54-52-50-48-27-25-23-21-19-17-15-13-11-9-7-2/h8,10,14,16,20,22,25-28,30-31,74H,6-7,9,11-13,15,17-19,21,23-24,29,32-73H2,1-5H3/p+1/b10-8-,16-14-,22-20-,27-25-,28-26-,31-30-. The van der Waals surface area contributed by atoms with Gasteiger partial charge in [0, 0.05) is 12.8 Å². The molecule has 0 saturated carbocycles. The molecule has 0 aliphatic carbocycles. The molecule has 2 unspecified atom stereocenters. The smallest absolute Gasteiger partial charge is 0.462 e. The summed E-state index contributed by atoms with van der Waals surface area (Å²) in [6, 6.07) is 0. The molecule has 0 heterocycles. The van der Waals surface area contributed by atoms with E-state index in [9.17, 15) is 19.0 Å². The van der Waals surface area contributed by atoms with Gasteiger partial charge in [-0.25, -0.2) is 4.57 Å². The molecule has 0 spiro atoms. The lowest BCUT2D eigenvalue weighted by molar-refractivity contribution is -0.870. The fourth-order valence-electron chi connectivity index (χ4n) is 10.6. The molecule has 0 aliphatic rings. The maximum Gasteiger partial charge on any atom is 0.472 e. The van der Waals surface area contributed by atoms with Crippen LogP contribution in [-0.4, -0.2) is 74.9 Å². The fraction of sp³-hybridized carbons (Fsp3) is 0.816. The molecule has 0 bridgehead atoms. The number of esters is 2. The minimum absolute atomic E-state index is 0.0327. The SMILES string of the molecule is CC/C=C\C/C=C\C/C=C\C/C=C\C/C=C\CCCCCCCCCCCCCCCCCCCCCCCCCCCC(=O)OC(COC(=O)CCCCCCCCCCC/C=C\CCCCCCCCCC)COP(=O)(O)OCC[N+](C)(C)C. The van der Waals surface area contributed by atoms with Crippen molar-refractivity contribution in [3.05, 3.63) is 72.9 Å². The van der Waals surface area contributed by atoms with Gasteiger partial charge in [0.25, 0.3) is 0 Å². The fourth-order valence-corrected chi connectivity index (χ4v) is 11.4. The summed E-state index contributed by atoms with van der Waals surface area (Å²) in [5.41, 5.74) is 0. The summed E-state index contributed by atoms with van der Waals surface area (Å²) in [7, 11) is 1.49. The lowest BCUT2D eigenvalue weighted by Crippen LogP contribution is -2.37. The Bertz CT molecular complexity index is 1680. The third-order valence-corrected chi connectivity index (χ3v) is 17.2. The normalized spacial score (nSPS) is 13.5. The second-order valence-corrected chi connectivity index (χ2v) is 27.4. The summed E-state index contributed by atoms with van der Waals surface area (Å²) in [6.07, 6.45) is 90.3. The maximum atomic E-state index is 12.9. The van der Waals surface area contributed by atoms with Gasteiger partial charge in [-0.1, -0.05) is 324 Å². The molecule has 0 aromatic rings. The minimum Gasteiger partial charge on any atom is -0.462 e. The third kappa shape index (κ3) is 70.5. The lowest BCUT2D eigenvalue weighted by atomic mass is 10.0. The molecule has 9 nitrogen and oxygen atoms in total. The molecule has 0 aromatic heterocycles.